The van der Waals surface area contributed by atoms with E-state index in [-0.39, 0.29) is 19.0 Å². The number of nitrogens with one attached hydrogen (secondary N) is 1. The number of aliphatic hydroxyl groups excluding tert-OH is 2. The second kappa shape index (κ2) is 7.70. The lowest BCUT2D eigenvalue weighted by atomic mass is 10.0. The molecule has 0 fully saturated rings. The number of ketones is 1. The van der Waals surface area contributed by atoms with Crippen molar-refractivity contribution in [2.75, 3.05) is 0 Å². The number of aromatic amines is 1. The molecular formula is C20H18N2O3. The van der Waals surface area contributed by atoms with E-state index in [9.17, 15) is 15.0 Å². The van der Waals surface area contributed by atoms with E-state index in [4.69, 9.17) is 0 Å². The highest BCUT2D eigenvalue weighted by Gasteiger charge is 2.07. The Bertz CT molecular complexity index is 898. The van der Waals surface area contributed by atoms with Crippen LogP contribution in [0.3, 0.4) is 0 Å². The second-order valence-corrected chi connectivity index (χ2v) is 5.57. The van der Waals surface area contributed by atoms with E-state index in [0.29, 0.717) is 28.1 Å². The van der Waals surface area contributed by atoms with Crippen molar-refractivity contribution in [1.29, 1.82) is 0 Å². The fourth-order valence-corrected chi connectivity index (χ4v) is 2.52. The number of hydrogen-bond donors (Lipinski definition) is 3. The quantitative estimate of drug-likeness (QED) is 0.478. The highest BCUT2D eigenvalue weighted by molar-refractivity contribution is 6.06. The molecule has 2 aromatic carbocycles. The minimum Gasteiger partial charge on any atom is -0.392 e. The first-order chi connectivity index (χ1) is 12.2. The van der Waals surface area contributed by atoms with Gasteiger partial charge in [-0.25, -0.2) is 0 Å². The van der Waals surface area contributed by atoms with Crippen molar-refractivity contribution in [2.45, 2.75) is 13.2 Å². The number of aliphatic hydroxyl groups is 2. The maximum absolute atomic E-state index is 12.1. The van der Waals surface area contributed by atoms with Crippen molar-refractivity contribution in [3.05, 3.63) is 83.1 Å². The monoisotopic (exact) mass is 334 g/mol. The minimum absolute atomic E-state index is 0.0772. The van der Waals surface area contributed by atoms with Gasteiger partial charge in [0.25, 0.3) is 0 Å². The zero-order valence-electron chi connectivity index (χ0n) is 13.5. The first kappa shape index (κ1) is 16.8. The van der Waals surface area contributed by atoms with Crippen LogP contribution in [0.25, 0.3) is 17.3 Å². The van der Waals surface area contributed by atoms with Crippen molar-refractivity contribution in [3.63, 3.8) is 0 Å². The van der Waals surface area contributed by atoms with Crippen molar-refractivity contribution in [1.82, 2.24) is 10.2 Å². The number of aromatic nitrogens is 2. The first-order valence-electron chi connectivity index (χ1n) is 7.88. The lowest BCUT2D eigenvalue weighted by Gasteiger charge is -2.06. The maximum Gasteiger partial charge on any atom is 0.185 e. The van der Waals surface area contributed by atoms with Gasteiger partial charge in [0, 0.05) is 11.1 Å². The molecule has 0 radical (unpaired) electrons. The Balaban J connectivity index is 1.79. The van der Waals surface area contributed by atoms with Crippen LogP contribution in [0.2, 0.25) is 0 Å². The summed E-state index contributed by atoms with van der Waals surface area (Å²) in [7, 11) is 0. The molecule has 1 heterocycles. The predicted octanol–water partition coefficient (Wildman–Crippen LogP) is 2.96. The Kier molecular flexibility index (Phi) is 5.18. The number of carbonyl (C=O) groups excluding carboxylic acids is 1. The second-order valence-electron chi connectivity index (χ2n) is 5.57. The Morgan fingerprint density at radius 3 is 2.48 bits per heavy atom. The average Bonchev–Trinajstić information content (AvgIpc) is 3.15. The third kappa shape index (κ3) is 3.91. The summed E-state index contributed by atoms with van der Waals surface area (Å²) in [5, 5.41) is 25.8. The molecular weight excluding hydrogens is 316 g/mol. The molecule has 0 saturated carbocycles. The molecule has 3 aromatic rings. The molecule has 0 unspecified atom stereocenters. The van der Waals surface area contributed by atoms with Crippen LogP contribution >= 0.6 is 0 Å². The van der Waals surface area contributed by atoms with E-state index in [1.807, 2.05) is 30.3 Å². The van der Waals surface area contributed by atoms with Crippen LogP contribution < -0.4 is 0 Å². The Labute approximate surface area is 145 Å². The number of H-pyrrole nitrogens is 1. The van der Waals surface area contributed by atoms with Crippen molar-refractivity contribution in [2.24, 2.45) is 0 Å². The van der Waals surface area contributed by atoms with E-state index in [1.54, 1.807) is 30.3 Å². The molecule has 0 bridgehead atoms. The summed E-state index contributed by atoms with van der Waals surface area (Å²) in [6, 6.07) is 16.3. The summed E-state index contributed by atoms with van der Waals surface area (Å²) < 4.78 is 0. The standard InChI is InChI=1S/C20H18N2O3/c23-12-16-7-6-15(10-17(16)13-24)19-11-18(21-22-19)8-9-20(25)14-4-2-1-3-5-14/h1-11,23-24H,12-13H2,(H,21,22)/b9-8+. The van der Waals surface area contributed by atoms with E-state index >= 15 is 0 Å². The summed E-state index contributed by atoms with van der Waals surface area (Å²) in [5.74, 6) is -0.0772. The van der Waals surface area contributed by atoms with Crippen LogP contribution in [0.1, 0.15) is 27.2 Å². The summed E-state index contributed by atoms with van der Waals surface area (Å²) in [5.41, 5.74) is 4.22. The molecule has 3 rings (SSSR count). The number of hydrogen-bond acceptors (Lipinski definition) is 4. The topological polar surface area (TPSA) is 86.2 Å². The molecule has 0 aliphatic heterocycles. The van der Waals surface area contributed by atoms with Gasteiger partial charge in [-0.3, -0.25) is 9.89 Å². The fourth-order valence-electron chi connectivity index (χ4n) is 2.52. The van der Waals surface area contributed by atoms with Gasteiger partial charge in [0.2, 0.25) is 0 Å². The van der Waals surface area contributed by atoms with Crippen LogP contribution in [-0.4, -0.2) is 26.2 Å². The van der Waals surface area contributed by atoms with Crippen LogP contribution in [0.15, 0.2) is 60.7 Å². The van der Waals surface area contributed by atoms with E-state index < -0.39 is 0 Å². The lowest BCUT2D eigenvalue weighted by molar-refractivity contribution is 0.104. The predicted molar refractivity (Wildman–Crippen MR) is 95.7 cm³/mol. The van der Waals surface area contributed by atoms with Gasteiger partial charge in [0.05, 0.1) is 24.6 Å². The molecule has 0 atom stereocenters. The summed E-state index contributed by atoms with van der Waals surface area (Å²) in [6.45, 7) is -0.265. The highest BCUT2D eigenvalue weighted by Crippen LogP contribution is 2.22. The number of allylic oxidation sites excluding steroid dienone is 1. The summed E-state index contributed by atoms with van der Waals surface area (Å²) in [6.07, 6.45) is 3.18. The van der Waals surface area contributed by atoms with E-state index in [1.165, 1.54) is 6.08 Å². The van der Waals surface area contributed by atoms with Gasteiger partial charge in [0.1, 0.15) is 0 Å². The van der Waals surface area contributed by atoms with Crippen molar-refractivity contribution in [3.8, 4) is 11.3 Å². The SMILES string of the molecule is O=C(/C=C/c1cc(-c2ccc(CO)c(CO)c2)n[nH]1)c1ccccc1. The largest absolute Gasteiger partial charge is 0.392 e. The summed E-state index contributed by atoms with van der Waals surface area (Å²) in [4.78, 5) is 12.1. The zero-order valence-corrected chi connectivity index (χ0v) is 13.5. The maximum atomic E-state index is 12.1. The van der Waals surface area contributed by atoms with Gasteiger partial charge in [-0.1, -0.05) is 42.5 Å². The Hall–Kier alpha value is -3.02. The van der Waals surface area contributed by atoms with Gasteiger partial charge >= 0.3 is 0 Å². The zero-order chi connectivity index (χ0) is 17.6. The molecule has 3 N–H and O–H groups in total. The number of carbonyl (C=O) groups is 1. The van der Waals surface area contributed by atoms with Gasteiger partial charge in [-0.05, 0) is 35.4 Å². The molecule has 0 aliphatic carbocycles. The normalized spacial score (nSPS) is 11.1. The molecule has 126 valence electrons. The average molecular weight is 334 g/mol. The fraction of sp³-hybridized carbons (Fsp3) is 0.100. The Morgan fingerprint density at radius 2 is 1.76 bits per heavy atom. The molecule has 0 amide bonds. The third-order valence-electron chi connectivity index (χ3n) is 3.91. The van der Waals surface area contributed by atoms with Crippen LogP contribution in [0.5, 0.6) is 0 Å². The van der Waals surface area contributed by atoms with Crippen LogP contribution in [0.4, 0.5) is 0 Å². The summed E-state index contributed by atoms with van der Waals surface area (Å²) >= 11 is 0. The lowest BCUT2D eigenvalue weighted by Crippen LogP contribution is -1.94. The number of benzene rings is 2. The molecule has 1 aromatic heterocycles. The minimum atomic E-state index is -0.146. The molecule has 0 saturated heterocycles. The van der Waals surface area contributed by atoms with Gasteiger partial charge in [0.15, 0.2) is 5.78 Å². The van der Waals surface area contributed by atoms with E-state index in [0.717, 1.165) is 5.56 Å². The Morgan fingerprint density at radius 1 is 1.00 bits per heavy atom. The van der Waals surface area contributed by atoms with Crippen LogP contribution in [0, 0.1) is 0 Å². The van der Waals surface area contributed by atoms with Crippen molar-refractivity contribution >= 4 is 11.9 Å². The van der Waals surface area contributed by atoms with Crippen LogP contribution in [-0.2, 0) is 13.2 Å². The molecule has 5 nitrogen and oxygen atoms in total. The first-order valence-corrected chi connectivity index (χ1v) is 7.88. The molecule has 0 spiro atoms. The number of rotatable bonds is 6. The van der Waals surface area contributed by atoms with Gasteiger partial charge in [-0.2, -0.15) is 5.10 Å². The number of nitrogens with zero attached hydrogens (tertiary/aromatic N) is 1. The molecule has 0 aliphatic rings. The van der Waals surface area contributed by atoms with Gasteiger partial charge in [-0.15, -0.1) is 0 Å². The third-order valence-corrected chi connectivity index (χ3v) is 3.91. The van der Waals surface area contributed by atoms with Gasteiger partial charge < -0.3 is 10.2 Å². The van der Waals surface area contributed by atoms with Crippen molar-refractivity contribution < 1.29 is 15.0 Å². The smallest absolute Gasteiger partial charge is 0.185 e. The highest BCUT2D eigenvalue weighted by atomic mass is 16.3. The molecule has 25 heavy (non-hydrogen) atoms. The molecule has 5 heteroatoms. The van der Waals surface area contributed by atoms with E-state index in [2.05, 4.69) is 10.2 Å².